The van der Waals surface area contributed by atoms with Crippen molar-refractivity contribution >= 4 is 11.6 Å². The van der Waals surface area contributed by atoms with Crippen LogP contribution in [0.1, 0.15) is 25.8 Å². The van der Waals surface area contributed by atoms with E-state index in [-0.39, 0.29) is 5.41 Å². The van der Waals surface area contributed by atoms with Crippen LogP contribution < -0.4 is 10.1 Å². The number of ether oxygens (including phenoxy) is 1. The maximum absolute atomic E-state index is 6.27. The van der Waals surface area contributed by atoms with Crippen LogP contribution in [0.3, 0.4) is 0 Å². The molecule has 1 aromatic rings. The van der Waals surface area contributed by atoms with Gasteiger partial charge in [-0.1, -0.05) is 31.5 Å². The molecule has 0 saturated heterocycles. The average molecular weight is 242 g/mol. The molecule has 90 valence electrons. The van der Waals surface area contributed by atoms with Gasteiger partial charge in [0.25, 0.3) is 0 Å². The minimum Gasteiger partial charge on any atom is -0.497 e. The Morgan fingerprint density at radius 3 is 2.56 bits per heavy atom. The Bertz CT molecular complexity index is 350. The summed E-state index contributed by atoms with van der Waals surface area (Å²) >= 11 is 6.27. The zero-order valence-corrected chi connectivity index (χ0v) is 11.2. The summed E-state index contributed by atoms with van der Waals surface area (Å²) in [7, 11) is 3.61. The van der Waals surface area contributed by atoms with Crippen molar-refractivity contribution in [2.24, 2.45) is 0 Å². The van der Waals surface area contributed by atoms with Crippen LogP contribution >= 0.6 is 11.6 Å². The number of hydrogen-bond acceptors (Lipinski definition) is 2. The monoisotopic (exact) mass is 241 g/mol. The average Bonchev–Trinajstić information content (AvgIpc) is 2.25. The molecule has 0 bridgehead atoms. The standard InChI is InChI=1S/C13H20ClNO/c1-13(2,7-8-15-3)11-6-5-10(16-4)9-12(11)14/h5-6,9,15H,7-8H2,1-4H3. The normalized spacial score (nSPS) is 11.6. The Hall–Kier alpha value is -0.730. The van der Waals surface area contributed by atoms with Gasteiger partial charge in [-0.15, -0.1) is 0 Å². The van der Waals surface area contributed by atoms with E-state index in [1.165, 1.54) is 5.56 Å². The fourth-order valence-corrected chi connectivity index (χ4v) is 2.17. The summed E-state index contributed by atoms with van der Waals surface area (Å²) in [4.78, 5) is 0. The van der Waals surface area contributed by atoms with Crippen LogP contribution in [0, 0.1) is 0 Å². The largest absolute Gasteiger partial charge is 0.497 e. The Labute approximate surface area is 103 Å². The summed E-state index contributed by atoms with van der Waals surface area (Å²) in [6, 6.07) is 5.89. The van der Waals surface area contributed by atoms with Crippen molar-refractivity contribution in [1.82, 2.24) is 5.32 Å². The van der Waals surface area contributed by atoms with Gasteiger partial charge >= 0.3 is 0 Å². The molecule has 1 N–H and O–H groups in total. The van der Waals surface area contributed by atoms with Crippen molar-refractivity contribution in [3.05, 3.63) is 28.8 Å². The van der Waals surface area contributed by atoms with E-state index < -0.39 is 0 Å². The number of halogens is 1. The molecule has 0 aliphatic rings. The highest BCUT2D eigenvalue weighted by Gasteiger charge is 2.22. The second kappa shape index (κ2) is 5.55. The molecule has 3 heteroatoms. The van der Waals surface area contributed by atoms with Crippen molar-refractivity contribution in [3.8, 4) is 5.75 Å². The van der Waals surface area contributed by atoms with Gasteiger partial charge in [-0.25, -0.2) is 0 Å². The van der Waals surface area contributed by atoms with Gasteiger partial charge in [0.1, 0.15) is 5.75 Å². The van der Waals surface area contributed by atoms with Crippen molar-refractivity contribution in [2.45, 2.75) is 25.7 Å². The van der Waals surface area contributed by atoms with Crippen LogP contribution in [0.5, 0.6) is 5.75 Å². The summed E-state index contributed by atoms with van der Waals surface area (Å²) in [6.07, 6.45) is 1.05. The van der Waals surface area contributed by atoms with Crippen molar-refractivity contribution in [1.29, 1.82) is 0 Å². The highest BCUT2D eigenvalue weighted by molar-refractivity contribution is 6.31. The highest BCUT2D eigenvalue weighted by atomic mass is 35.5. The lowest BCUT2D eigenvalue weighted by Gasteiger charge is -2.26. The van der Waals surface area contributed by atoms with Gasteiger partial charge < -0.3 is 10.1 Å². The summed E-state index contributed by atoms with van der Waals surface area (Å²) < 4.78 is 5.15. The summed E-state index contributed by atoms with van der Waals surface area (Å²) in [5, 5.41) is 3.95. The van der Waals surface area contributed by atoms with E-state index in [2.05, 4.69) is 25.2 Å². The third-order valence-corrected chi connectivity index (χ3v) is 3.22. The van der Waals surface area contributed by atoms with Gasteiger partial charge in [-0.3, -0.25) is 0 Å². The van der Waals surface area contributed by atoms with Crippen molar-refractivity contribution in [2.75, 3.05) is 20.7 Å². The molecule has 0 radical (unpaired) electrons. The number of methoxy groups -OCH3 is 1. The molecule has 0 heterocycles. The van der Waals surface area contributed by atoms with Gasteiger partial charge in [-0.2, -0.15) is 0 Å². The molecule has 0 atom stereocenters. The van der Waals surface area contributed by atoms with E-state index >= 15 is 0 Å². The van der Waals surface area contributed by atoms with E-state index in [0.717, 1.165) is 23.7 Å². The first-order valence-electron chi connectivity index (χ1n) is 5.50. The second-order valence-corrected chi connectivity index (χ2v) is 4.99. The molecular formula is C13H20ClNO. The molecule has 1 rings (SSSR count). The summed E-state index contributed by atoms with van der Waals surface area (Å²) in [6.45, 7) is 5.39. The van der Waals surface area contributed by atoms with Crippen LogP contribution in [0.15, 0.2) is 18.2 Å². The Kier molecular flexibility index (Phi) is 4.63. The molecule has 16 heavy (non-hydrogen) atoms. The highest BCUT2D eigenvalue weighted by Crippen LogP contribution is 2.34. The molecule has 1 aromatic carbocycles. The van der Waals surface area contributed by atoms with Crippen LogP contribution in [-0.2, 0) is 5.41 Å². The van der Waals surface area contributed by atoms with Gasteiger partial charge in [-0.05, 0) is 43.1 Å². The lowest BCUT2D eigenvalue weighted by molar-refractivity contribution is 0.413. The van der Waals surface area contributed by atoms with Crippen LogP contribution in [0.25, 0.3) is 0 Å². The van der Waals surface area contributed by atoms with Crippen LogP contribution in [0.2, 0.25) is 5.02 Å². The molecule has 0 aliphatic carbocycles. The quantitative estimate of drug-likeness (QED) is 0.855. The maximum Gasteiger partial charge on any atom is 0.120 e. The van der Waals surface area contributed by atoms with Gasteiger partial charge in [0.15, 0.2) is 0 Å². The summed E-state index contributed by atoms with van der Waals surface area (Å²) in [5.41, 5.74) is 1.25. The van der Waals surface area contributed by atoms with E-state index in [1.54, 1.807) is 7.11 Å². The van der Waals surface area contributed by atoms with Crippen molar-refractivity contribution < 1.29 is 4.74 Å². The predicted molar refractivity (Wildman–Crippen MR) is 69.6 cm³/mol. The lowest BCUT2D eigenvalue weighted by atomic mass is 9.81. The molecule has 0 unspecified atom stereocenters. The zero-order valence-electron chi connectivity index (χ0n) is 10.4. The van der Waals surface area contributed by atoms with Crippen molar-refractivity contribution in [3.63, 3.8) is 0 Å². The minimum atomic E-state index is 0.0758. The Morgan fingerprint density at radius 2 is 2.06 bits per heavy atom. The molecule has 0 aromatic heterocycles. The fourth-order valence-electron chi connectivity index (χ4n) is 1.74. The Balaban J connectivity index is 2.94. The zero-order chi connectivity index (χ0) is 12.2. The number of nitrogens with one attached hydrogen (secondary N) is 1. The molecule has 0 spiro atoms. The smallest absolute Gasteiger partial charge is 0.120 e. The molecular weight excluding hydrogens is 222 g/mol. The maximum atomic E-state index is 6.27. The summed E-state index contributed by atoms with van der Waals surface area (Å²) in [5.74, 6) is 0.804. The number of rotatable bonds is 5. The predicted octanol–water partition coefficient (Wildman–Crippen LogP) is 3.24. The third kappa shape index (κ3) is 3.13. The van der Waals surface area contributed by atoms with E-state index in [0.29, 0.717) is 0 Å². The van der Waals surface area contributed by atoms with E-state index in [4.69, 9.17) is 16.3 Å². The number of benzene rings is 1. The van der Waals surface area contributed by atoms with Gasteiger partial charge in [0.05, 0.1) is 7.11 Å². The minimum absolute atomic E-state index is 0.0758. The molecule has 0 saturated carbocycles. The third-order valence-electron chi connectivity index (χ3n) is 2.91. The first-order valence-corrected chi connectivity index (χ1v) is 5.87. The number of hydrogen-bond donors (Lipinski definition) is 1. The van der Waals surface area contributed by atoms with E-state index in [1.807, 2.05) is 19.2 Å². The van der Waals surface area contributed by atoms with Gasteiger partial charge in [0.2, 0.25) is 0 Å². The topological polar surface area (TPSA) is 21.3 Å². The molecule has 0 amide bonds. The SMILES string of the molecule is CNCCC(C)(C)c1ccc(OC)cc1Cl. The van der Waals surface area contributed by atoms with E-state index in [9.17, 15) is 0 Å². The van der Waals surface area contributed by atoms with Gasteiger partial charge in [0, 0.05) is 5.02 Å². The molecule has 0 fully saturated rings. The fraction of sp³-hybridized carbons (Fsp3) is 0.538. The lowest BCUT2D eigenvalue weighted by Crippen LogP contribution is -2.23. The first kappa shape index (κ1) is 13.3. The second-order valence-electron chi connectivity index (χ2n) is 4.58. The van der Waals surface area contributed by atoms with Crippen LogP contribution in [-0.4, -0.2) is 20.7 Å². The molecule has 0 aliphatic heterocycles. The molecule has 2 nitrogen and oxygen atoms in total. The first-order chi connectivity index (χ1) is 7.51. The Morgan fingerprint density at radius 1 is 1.38 bits per heavy atom. The van der Waals surface area contributed by atoms with Crippen LogP contribution in [0.4, 0.5) is 0 Å².